The highest BCUT2D eigenvalue weighted by Gasteiger charge is 2.32. The van der Waals surface area contributed by atoms with Crippen molar-refractivity contribution >= 4 is 0 Å². The maximum atomic E-state index is 9.13. The minimum Gasteiger partial charge on any atom is -0.437 e. The number of benzene rings is 1. The lowest BCUT2D eigenvalue weighted by atomic mass is 10.3. The Bertz CT molecular complexity index is 256. The van der Waals surface area contributed by atoms with Crippen molar-refractivity contribution in [1.29, 1.82) is 0 Å². The second-order valence-electron chi connectivity index (χ2n) is 2.75. The minimum absolute atomic E-state index is 0.286. The molecule has 1 aromatic carbocycles. The van der Waals surface area contributed by atoms with Crippen LogP contribution in [0, 0.1) is 0 Å². The lowest BCUT2D eigenvalue weighted by Crippen LogP contribution is -2.45. The number of aliphatic hydroxyl groups is 3. The molecule has 3 N–H and O–H groups in total. The van der Waals surface area contributed by atoms with Crippen LogP contribution in [0.4, 0.5) is 0 Å². The Morgan fingerprint density at radius 3 is 2.23 bits per heavy atom. The van der Waals surface area contributed by atoms with E-state index in [0.717, 1.165) is 0 Å². The zero-order valence-electron chi connectivity index (χ0n) is 7.21. The predicted octanol–water partition coefficient (Wildman–Crippen LogP) is 0.0846. The smallest absolute Gasteiger partial charge is 0.349 e. The molecule has 0 aliphatic heterocycles. The van der Waals surface area contributed by atoms with E-state index in [1.165, 1.54) is 6.92 Å². The molecule has 0 radical (unpaired) electrons. The topological polar surface area (TPSA) is 69.9 Å². The molecule has 4 heteroatoms. The highest BCUT2D eigenvalue weighted by molar-refractivity contribution is 5.21. The largest absolute Gasteiger partial charge is 0.437 e. The van der Waals surface area contributed by atoms with Gasteiger partial charge in [0.05, 0.1) is 0 Å². The first-order valence-electron chi connectivity index (χ1n) is 3.89. The first-order valence-corrected chi connectivity index (χ1v) is 3.89. The van der Waals surface area contributed by atoms with Crippen molar-refractivity contribution in [3.05, 3.63) is 30.3 Å². The van der Waals surface area contributed by atoms with E-state index in [1.54, 1.807) is 30.3 Å². The van der Waals surface area contributed by atoms with Crippen LogP contribution in [-0.4, -0.2) is 27.4 Å². The highest BCUT2D eigenvalue weighted by Crippen LogP contribution is 2.16. The fourth-order valence-corrected chi connectivity index (χ4v) is 0.747. The number of rotatable bonds is 3. The summed E-state index contributed by atoms with van der Waals surface area (Å²) in [5.74, 6) is -2.25. The molecular formula is C9H12O4. The van der Waals surface area contributed by atoms with Crippen molar-refractivity contribution in [2.24, 2.45) is 0 Å². The Balaban J connectivity index is 2.69. The molecule has 13 heavy (non-hydrogen) atoms. The Kier molecular flexibility index (Phi) is 2.87. The van der Waals surface area contributed by atoms with Crippen LogP contribution in [0.2, 0.25) is 0 Å². The molecule has 0 spiro atoms. The molecule has 4 nitrogen and oxygen atoms in total. The predicted molar refractivity (Wildman–Crippen MR) is 45.9 cm³/mol. The van der Waals surface area contributed by atoms with Crippen molar-refractivity contribution in [3.63, 3.8) is 0 Å². The second-order valence-corrected chi connectivity index (χ2v) is 2.75. The SMILES string of the molecule is CC(O)C(O)(O)Oc1ccccc1. The zero-order valence-corrected chi connectivity index (χ0v) is 7.21. The highest BCUT2D eigenvalue weighted by atomic mass is 16.8. The monoisotopic (exact) mass is 184 g/mol. The van der Waals surface area contributed by atoms with Crippen LogP contribution >= 0.6 is 0 Å². The van der Waals surface area contributed by atoms with Crippen molar-refractivity contribution in [1.82, 2.24) is 0 Å². The van der Waals surface area contributed by atoms with Crippen LogP contribution in [0.5, 0.6) is 5.75 Å². The molecule has 1 rings (SSSR count). The van der Waals surface area contributed by atoms with E-state index >= 15 is 0 Å². The molecule has 0 saturated carbocycles. The molecule has 0 aliphatic rings. The average molecular weight is 184 g/mol. The maximum absolute atomic E-state index is 9.13. The molecule has 0 heterocycles. The summed E-state index contributed by atoms with van der Waals surface area (Å²) in [6.45, 7) is 1.23. The molecule has 0 aliphatic carbocycles. The third-order valence-electron chi connectivity index (χ3n) is 1.56. The third kappa shape index (κ3) is 2.69. The summed E-state index contributed by atoms with van der Waals surface area (Å²) >= 11 is 0. The standard InChI is InChI=1S/C9H12O4/c1-7(10)9(11,12)13-8-5-3-2-4-6-8/h2-7,10-12H,1H3. The van der Waals surface area contributed by atoms with E-state index in [2.05, 4.69) is 0 Å². The second kappa shape index (κ2) is 3.74. The number of hydrogen-bond acceptors (Lipinski definition) is 4. The quantitative estimate of drug-likeness (QED) is 0.582. The summed E-state index contributed by atoms with van der Waals surface area (Å²) in [5.41, 5.74) is 0. The van der Waals surface area contributed by atoms with Gasteiger partial charge in [0.15, 0.2) is 0 Å². The fourth-order valence-electron chi connectivity index (χ4n) is 0.747. The van der Waals surface area contributed by atoms with Gasteiger partial charge < -0.3 is 20.1 Å². The summed E-state index contributed by atoms with van der Waals surface area (Å²) in [6, 6.07) is 8.26. The van der Waals surface area contributed by atoms with Crippen LogP contribution in [0.15, 0.2) is 30.3 Å². The zero-order chi connectivity index (χ0) is 9.90. The van der Waals surface area contributed by atoms with Gasteiger partial charge in [-0.15, -0.1) is 0 Å². The van der Waals surface area contributed by atoms with Crippen LogP contribution in [-0.2, 0) is 0 Å². The summed E-state index contributed by atoms with van der Waals surface area (Å²) < 4.78 is 4.72. The van der Waals surface area contributed by atoms with E-state index in [-0.39, 0.29) is 5.75 Å². The van der Waals surface area contributed by atoms with Gasteiger partial charge >= 0.3 is 5.97 Å². The van der Waals surface area contributed by atoms with Gasteiger partial charge in [-0.1, -0.05) is 18.2 Å². The van der Waals surface area contributed by atoms with E-state index in [9.17, 15) is 0 Å². The lowest BCUT2D eigenvalue weighted by Gasteiger charge is -2.24. The Morgan fingerprint density at radius 2 is 1.77 bits per heavy atom. The average Bonchev–Trinajstić information content (AvgIpc) is 2.05. The number of aliphatic hydroxyl groups excluding tert-OH is 1. The van der Waals surface area contributed by atoms with E-state index in [1.807, 2.05) is 0 Å². The van der Waals surface area contributed by atoms with Crippen LogP contribution in [0.3, 0.4) is 0 Å². The number of hydrogen-bond donors (Lipinski definition) is 3. The molecular weight excluding hydrogens is 172 g/mol. The molecule has 72 valence electrons. The molecule has 0 aromatic heterocycles. The molecule has 1 atom stereocenters. The molecule has 0 bridgehead atoms. The normalized spacial score (nSPS) is 13.8. The van der Waals surface area contributed by atoms with E-state index in [4.69, 9.17) is 20.1 Å². The van der Waals surface area contributed by atoms with Crippen molar-refractivity contribution in [2.75, 3.05) is 0 Å². The van der Waals surface area contributed by atoms with E-state index in [0.29, 0.717) is 0 Å². The summed E-state index contributed by atoms with van der Waals surface area (Å²) in [6.07, 6.45) is -1.38. The molecule has 0 saturated heterocycles. The summed E-state index contributed by atoms with van der Waals surface area (Å²) in [7, 11) is 0. The Labute approximate surface area is 76.0 Å². The molecule has 0 fully saturated rings. The lowest BCUT2D eigenvalue weighted by molar-refractivity contribution is -0.333. The van der Waals surface area contributed by atoms with Gasteiger partial charge in [0, 0.05) is 0 Å². The summed E-state index contributed by atoms with van der Waals surface area (Å²) in [4.78, 5) is 0. The molecule has 1 unspecified atom stereocenters. The van der Waals surface area contributed by atoms with Crippen molar-refractivity contribution in [3.8, 4) is 5.75 Å². The molecule has 1 aromatic rings. The van der Waals surface area contributed by atoms with Crippen LogP contribution in [0.1, 0.15) is 6.92 Å². The number of ether oxygens (including phenoxy) is 1. The molecule has 0 amide bonds. The van der Waals surface area contributed by atoms with Gasteiger partial charge in [-0.3, -0.25) is 0 Å². The van der Waals surface area contributed by atoms with Crippen molar-refractivity contribution in [2.45, 2.75) is 19.0 Å². The van der Waals surface area contributed by atoms with Gasteiger partial charge in [-0.2, -0.15) is 0 Å². The number of para-hydroxylation sites is 1. The summed E-state index contributed by atoms with van der Waals surface area (Å²) in [5, 5.41) is 27.2. The van der Waals surface area contributed by atoms with Crippen molar-refractivity contribution < 1.29 is 20.1 Å². The van der Waals surface area contributed by atoms with Crippen LogP contribution < -0.4 is 4.74 Å². The minimum atomic E-state index is -2.54. The van der Waals surface area contributed by atoms with Crippen LogP contribution in [0.25, 0.3) is 0 Å². The van der Waals surface area contributed by atoms with Gasteiger partial charge in [0.2, 0.25) is 0 Å². The Morgan fingerprint density at radius 1 is 1.23 bits per heavy atom. The van der Waals surface area contributed by atoms with Gasteiger partial charge in [0.1, 0.15) is 11.9 Å². The van der Waals surface area contributed by atoms with Gasteiger partial charge in [-0.05, 0) is 19.1 Å². The maximum Gasteiger partial charge on any atom is 0.349 e. The Hall–Kier alpha value is -1.10. The fraction of sp³-hybridized carbons (Fsp3) is 0.333. The van der Waals surface area contributed by atoms with Gasteiger partial charge in [0.25, 0.3) is 0 Å². The van der Waals surface area contributed by atoms with E-state index < -0.39 is 12.1 Å². The first kappa shape index (κ1) is 9.98. The third-order valence-corrected chi connectivity index (χ3v) is 1.56. The first-order chi connectivity index (χ1) is 6.02. The van der Waals surface area contributed by atoms with Gasteiger partial charge in [-0.25, -0.2) is 0 Å².